The minimum atomic E-state index is 0.603. The van der Waals surface area contributed by atoms with E-state index in [0.717, 1.165) is 37.3 Å². The molecule has 2 N–H and O–H groups in total. The van der Waals surface area contributed by atoms with E-state index in [0.29, 0.717) is 5.92 Å². The number of aromatic amines is 1. The molecule has 1 aliphatic carbocycles. The first-order valence-corrected chi connectivity index (χ1v) is 8.68. The molecule has 21 heavy (non-hydrogen) atoms. The van der Waals surface area contributed by atoms with Crippen LogP contribution in [0.3, 0.4) is 0 Å². The van der Waals surface area contributed by atoms with Crippen molar-refractivity contribution in [3.05, 3.63) is 5.82 Å². The van der Waals surface area contributed by atoms with E-state index in [4.69, 9.17) is 4.98 Å². The van der Waals surface area contributed by atoms with Crippen LogP contribution in [0.1, 0.15) is 63.1 Å². The summed E-state index contributed by atoms with van der Waals surface area (Å²) in [7, 11) is 2.04. The molecule has 5 nitrogen and oxygen atoms in total. The molecule has 2 fully saturated rings. The third-order valence-electron chi connectivity index (χ3n) is 5.03. The van der Waals surface area contributed by atoms with Crippen molar-refractivity contribution in [3.8, 4) is 0 Å². The number of nitrogens with one attached hydrogen (secondary N) is 2. The fraction of sp³-hybridized carbons (Fsp3) is 0.875. The van der Waals surface area contributed by atoms with Crippen molar-refractivity contribution in [1.82, 2.24) is 20.5 Å². The van der Waals surface area contributed by atoms with Gasteiger partial charge < -0.3 is 10.2 Å². The van der Waals surface area contributed by atoms with Gasteiger partial charge >= 0.3 is 0 Å². The van der Waals surface area contributed by atoms with Crippen molar-refractivity contribution in [3.63, 3.8) is 0 Å². The molecule has 118 valence electrons. The zero-order chi connectivity index (χ0) is 14.5. The first kappa shape index (κ1) is 14.8. The minimum Gasteiger partial charge on any atom is -0.339 e. The zero-order valence-electron chi connectivity index (χ0n) is 13.3. The van der Waals surface area contributed by atoms with Gasteiger partial charge in [-0.1, -0.05) is 25.7 Å². The van der Waals surface area contributed by atoms with E-state index in [1.54, 1.807) is 0 Å². The highest BCUT2D eigenvalue weighted by molar-refractivity contribution is 5.30. The largest absolute Gasteiger partial charge is 0.339 e. The normalized spacial score (nSPS) is 25.0. The lowest BCUT2D eigenvalue weighted by Crippen LogP contribution is -2.39. The predicted octanol–water partition coefficient (Wildman–Crippen LogP) is 2.68. The van der Waals surface area contributed by atoms with Crippen LogP contribution in [-0.2, 0) is 0 Å². The van der Waals surface area contributed by atoms with Crippen LogP contribution >= 0.6 is 0 Å². The van der Waals surface area contributed by atoms with Crippen LogP contribution in [0.15, 0.2) is 0 Å². The maximum Gasteiger partial charge on any atom is 0.244 e. The molecule has 1 saturated heterocycles. The molecule has 0 radical (unpaired) electrons. The van der Waals surface area contributed by atoms with Gasteiger partial charge in [-0.25, -0.2) is 0 Å². The molecule has 3 rings (SSSR count). The monoisotopic (exact) mass is 291 g/mol. The number of nitrogens with zero attached hydrogens (tertiary/aromatic N) is 3. The lowest BCUT2D eigenvalue weighted by atomic mass is 9.98. The summed E-state index contributed by atoms with van der Waals surface area (Å²) in [6.45, 7) is 3.28. The van der Waals surface area contributed by atoms with Gasteiger partial charge in [0.2, 0.25) is 5.95 Å². The van der Waals surface area contributed by atoms with E-state index in [1.807, 2.05) is 7.05 Å². The Balaban J connectivity index is 1.63. The Morgan fingerprint density at radius 3 is 2.71 bits per heavy atom. The topological polar surface area (TPSA) is 56.8 Å². The van der Waals surface area contributed by atoms with Gasteiger partial charge in [0.1, 0.15) is 5.82 Å². The Morgan fingerprint density at radius 1 is 1.14 bits per heavy atom. The fourth-order valence-electron chi connectivity index (χ4n) is 3.84. The first-order chi connectivity index (χ1) is 10.4. The van der Waals surface area contributed by atoms with E-state index < -0.39 is 0 Å². The Bertz CT molecular complexity index is 420. The average Bonchev–Trinajstić information content (AvgIpc) is 2.84. The SMILES string of the molecule is CNCC1CCCN(c2n[nH]c(C3CCCCCC3)n2)C1. The van der Waals surface area contributed by atoms with Crippen LogP contribution in [-0.4, -0.2) is 41.9 Å². The lowest BCUT2D eigenvalue weighted by molar-refractivity contribution is 0.399. The van der Waals surface area contributed by atoms with E-state index >= 15 is 0 Å². The molecule has 0 amide bonds. The van der Waals surface area contributed by atoms with Gasteiger partial charge in [0, 0.05) is 19.0 Å². The predicted molar refractivity (Wildman–Crippen MR) is 85.7 cm³/mol. The van der Waals surface area contributed by atoms with E-state index in [-0.39, 0.29) is 0 Å². The average molecular weight is 291 g/mol. The highest BCUT2D eigenvalue weighted by Gasteiger charge is 2.24. The van der Waals surface area contributed by atoms with Crippen molar-refractivity contribution in [2.45, 2.75) is 57.3 Å². The fourth-order valence-corrected chi connectivity index (χ4v) is 3.84. The molecule has 5 heteroatoms. The Hall–Kier alpha value is -1.10. The van der Waals surface area contributed by atoms with Gasteiger partial charge in [0.05, 0.1) is 0 Å². The minimum absolute atomic E-state index is 0.603. The number of H-pyrrole nitrogens is 1. The molecule has 1 saturated carbocycles. The maximum absolute atomic E-state index is 4.83. The van der Waals surface area contributed by atoms with Crippen molar-refractivity contribution >= 4 is 5.95 Å². The summed E-state index contributed by atoms with van der Waals surface area (Å²) in [6, 6.07) is 0. The number of hydrogen-bond acceptors (Lipinski definition) is 4. The highest BCUT2D eigenvalue weighted by atomic mass is 15.4. The van der Waals surface area contributed by atoms with E-state index in [1.165, 1.54) is 51.4 Å². The molecular formula is C16H29N5. The Morgan fingerprint density at radius 2 is 1.95 bits per heavy atom. The third-order valence-corrected chi connectivity index (χ3v) is 5.03. The van der Waals surface area contributed by atoms with Gasteiger partial charge in [-0.2, -0.15) is 4.98 Å². The summed E-state index contributed by atoms with van der Waals surface area (Å²) in [6.07, 6.45) is 10.6. The summed E-state index contributed by atoms with van der Waals surface area (Å²) in [5, 5.41) is 11.0. The molecule has 0 aromatic carbocycles. The Kier molecular flexibility index (Phi) is 5.12. The third kappa shape index (κ3) is 3.76. The van der Waals surface area contributed by atoms with Gasteiger partial charge in [-0.15, -0.1) is 5.10 Å². The van der Waals surface area contributed by atoms with E-state index in [2.05, 4.69) is 20.4 Å². The second-order valence-electron chi connectivity index (χ2n) is 6.72. The number of anilines is 1. The smallest absolute Gasteiger partial charge is 0.244 e. The number of piperidine rings is 1. The van der Waals surface area contributed by atoms with Gasteiger partial charge in [-0.05, 0) is 45.2 Å². The van der Waals surface area contributed by atoms with Crippen LogP contribution in [0.5, 0.6) is 0 Å². The molecule has 0 bridgehead atoms. The molecule has 1 atom stereocenters. The zero-order valence-corrected chi connectivity index (χ0v) is 13.3. The molecule has 0 spiro atoms. The molecule has 1 aliphatic heterocycles. The van der Waals surface area contributed by atoms with Crippen molar-refractivity contribution in [2.24, 2.45) is 5.92 Å². The van der Waals surface area contributed by atoms with Gasteiger partial charge in [0.15, 0.2) is 0 Å². The summed E-state index contributed by atoms with van der Waals surface area (Å²) >= 11 is 0. The van der Waals surface area contributed by atoms with Crippen molar-refractivity contribution in [2.75, 3.05) is 31.6 Å². The quantitative estimate of drug-likeness (QED) is 0.837. The number of hydrogen-bond donors (Lipinski definition) is 2. The van der Waals surface area contributed by atoms with E-state index in [9.17, 15) is 0 Å². The highest BCUT2D eigenvalue weighted by Crippen LogP contribution is 2.30. The van der Waals surface area contributed by atoms with Crippen LogP contribution in [0.25, 0.3) is 0 Å². The number of aromatic nitrogens is 3. The van der Waals surface area contributed by atoms with Crippen LogP contribution in [0.4, 0.5) is 5.95 Å². The second kappa shape index (κ2) is 7.25. The summed E-state index contributed by atoms with van der Waals surface area (Å²) in [4.78, 5) is 7.20. The lowest BCUT2D eigenvalue weighted by Gasteiger charge is -2.31. The molecule has 1 unspecified atom stereocenters. The molecule has 2 heterocycles. The van der Waals surface area contributed by atoms with Crippen LogP contribution in [0.2, 0.25) is 0 Å². The van der Waals surface area contributed by atoms with Crippen LogP contribution in [0, 0.1) is 5.92 Å². The maximum atomic E-state index is 4.83. The van der Waals surface area contributed by atoms with Crippen LogP contribution < -0.4 is 10.2 Å². The second-order valence-corrected chi connectivity index (χ2v) is 6.72. The van der Waals surface area contributed by atoms with Gasteiger partial charge in [0.25, 0.3) is 0 Å². The molecular weight excluding hydrogens is 262 g/mol. The molecule has 2 aliphatic rings. The van der Waals surface area contributed by atoms with Crippen molar-refractivity contribution in [1.29, 1.82) is 0 Å². The summed E-state index contributed by atoms with van der Waals surface area (Å²) in [5.74, 6) is 3.38. The summed E-state index contributed by atoms with van der Waals surface area (Å²) in [5.41, 5.74) is 0. The molecule has 1 aromatic rings. The van der Waals surface area contributed by atoms with Gasteiger partial charge in [-0.3, -0.25) is 5.10 Å². The molecule has 1 aromatic heterocycles. The first-order valence-electron chi connectivity index (χ1n) is 8.68. The number of rotatable bonds is 4. The Labute approximate surface area is 127 Å². The standard InChI is InChI=1S/C16H29N5/c1-17-11-13-7-6-10-21(12-13)16-18-15(19-20-16)14-8-4-2-3-5-9-14/h13-14,17H,2-12H2,1H3,(H,18,19,20). The summed E-state index contributed by atoms with van der Waals surface area (Å²) < 4.78 is 0. The van der Waals surface area contributed by atoms with Crippen molar-refractivity contribution < 1.29 is 0 Å².